The molecule has 2 rings (SSSR count). The Bertz CT molecular complexity index is 443. The zero-order valence-electron chi connectivity index (χ0n) is 13.0. The first kappa shape index (κ1) is 15.3. The van der Waals surface area contributed by atoms with Crippen molar-refractivity contribution >= 4 is 5.69 Å². The summed E-state index contributed by atoms with van der Waals surface area (Å²) in [6.07, 6.45) is 3.43. The van der Waals surface area contributed by atoms with Crippen LogP contribution in [-0.4, -0.2) is 45.5 Å². The average Bonchev–Trinajstić information content (AvgIpc) is 2.66. The van der Waals surface area contributed by atoms with Crippen LogP contribution in [0.5, 0.6) is 0 Å². The van der Waals surface area contributed by atoms with Gasteiger partial charge in [0.2, 0.25) is 0 Å². The normalized spacial score (nSPS) is 22.1. The molecule has 2 atom stereocenters. The van der Waals surface area contributed by atoms with E-state index in [0.29, 0.717) is 6.54 Å². The van der Waals surface area contributed by atoms with E-state index in [1.54, 1.807) is 0 Å². The molecular weight excluding hydrogens is 252 g/mol. The zero-order valence-corrected chi connectivity index (χ0v) is 13.0. The van der Waals surface area contributed by atoms with Crippen LogP contribution in [0.15, 0.2) is 0 Å². The lowest BCUT2D eigenvalue weighted by atomic mass is 9.95. The van der Waals surface area contributed by atoms with Gasteiger partial charge in [0.25, 0.3) is 0 Å². The highest BCUT2D eigenvalue weighted by atomic mass is 16.3. The molecule has 1 aliphatic heterocycles. The first-order valence-corrected chi connectivity index (χ1v) is 7.71. The summed E-state index contributed by atoms with van der Waals surface area (Å²) in [5, 5.41) is 14.7. The van der Waals surface area contributed by atoms with Crippen LogP contribution >= 0.6 is 0 Å². The second-order valence-electron chi connectivity index (χ2n) is 6.10. The van der Waals surface area contributed by atoms with Gasteiger partial charge in [-0.3, -0.25) is 4.68 Å². The Kier molecular flexibility index (Phi) is 5.05. The van der Waals surface area contributed by atoms with E-state index >= 15 is 0 Å². The number of hydrogen-bond acceptors (Lipinski definition) is 4. The number of aromatic nitrogens is 2. The Morgan fingerprint density at radius 1 is 1.40 bits per heavy atom. The molecule has 5 heteroatoms. The van der Waals surface area contributed by atoms with Crippen LogP contribution in [0.25, 0.3) is 0 Å². The summed E-state index contributed by atoms with van der Waals surface area (Å²) in [7, 11) is 0. The van der Waals surface area contributed by atoms with Crippen molar-refractivity contribution in [2.24, 2.45) is 5.92 Å². The van der Waals surface area contributed by atoms with Crippen molar-refractivity contribution in [1.29, 1.82) is 0 Å². The van der Waals surface area contributed by atoms with Crippen molar-refractivity contribution in [2.75, 3.05) is 25.4 Å². The van der Waals surface area contributed by atoms with Crippen LogP contribution < -0.4 is 5.73 Å². The van der Waals surface area contributed by atoms with Crippen LogP contribution in [-0.2, 0) is 6.54 Å². The number of nitrogen functional groups attached to an aromatic ring is 1. The third-order valence-electron chi connectivity index (χ3n) is 4.47. The smallest absolute Gasteiger partial charge is 0.0862 e. The fourth-order valence-electron chi connectivity index (χ4n) is 3.09. The van der Waals surface area contributed by atoms with Gasteiger partial charge >= 0.3 is 0 Å². The molecule has 3 N–H and O–H groups in total. The van der Waals surface area contributed by atoms with Crippen LogP contribution in [0.3, 0.4) is 0 Å². The van der Waals surface area contributed by atoms with Gasteiger partial charge < -0.3 is 15.7 Å². The van der Waals surface area contributed by atoms with Gasteiger partial charge in [-0.25, -0.2) is 0 Å². The molecule has 0 amide bonds. The van der Waals surface area contributed by atoms with Crippen molar-refractivity contribution in [3.8, 4) is 0 Å². The maximum absolute atomic E-state index is 10.3. The molecule has 0 aliphatic carbocycles. The molecule has 0 aromatic carbocycles. The van der Waals surface area contributed by atoms with Gasteiger partial charge in [0.1, 0.15) is 0 Å². The largest absolute Gasteiger partial charge is 0.396 e. The average molecular weight is 280 g/mol. The highest BCUT2D eigenvalue weighted by molar-refractivity contribution is 5.46. The van der Waals surface area contributed by atoms with E-state index in [9.17, 15) is 5.11 Å². The number of aliphatic hydroxyl groups excluding tert-OH is 1. The molecule has 0 saturated carbocycles. The van der Waals surface area contributed by atoms with Gasteiger partial charge in [-0.05, 0) is 39.2 Å². The lowest BCUT2D eigenvalue weighted by Crippen LogP contribution is -2.41. The fourth-order valence-corrected chi connectivity index (χ4v) is 3.09. The Balaban J connectivity index is 1.88. The van der Waals surface area contributed by atoms with Crippen LogP contribution in [0.1, 0.15) is 37.6 Å². The number of anilines is 1. The zero-order chi connectivity index (χ0) is 14.7. The molecule has 1 aromatic heterocycles. The number of nitrogens with two attached hydrogens (primary N) is 1. The second kappa shape index (κ2) is 6.59. The van der Waals surface area contributed by atoms with E-state index in [4.69, 9.17) is 5.73 Å². The first-order valence-electron chi connectivity index (χ1n) is 7.71. The quantitative estimate of drug-likeness (QED) is 0.859. The minimum absolute atomic E-state index is 0.386. The summed E-state index contributed by atoms with van der Waals surface area (Å²) in [5.41, 5.74) is 8.46. The maximum Gasteiger partial charge on any atom is 0.0862 e. The molecule has 0 spiro atoms. The van der Waals surface area contributed by atoms with Gasteiger partial charge in [-0.1, -0.05) is 13.3 Å². The van der Waals surface area contributed by atoms with Crippen LogP contribution in [0, 0.1) is 19.8 Å². The van der Waals surface area contributed by atoms with Crippen LogP contribution in [0.4, 0.5) is 5.69 Å². The Morgan fingerprint density at radius 3 is 2.75 bits per heavy atom. The predicted octanol–water partition coefficient (Wildman–Crippen LogP) is 1.57. The minimum Gasteiger partial charge on any atom is -0.396 e. The number of likely N-dealkylation sites (tertiary alicyclic amines) is 1. The van der Waals surface area contributed by atoms with Gasteiger partial charge in [0.05, 0.1) is 29.7 Å². The molecule has 1 aromatic rings. The molecule has 0 radical (unpaired) electrons. The van der Waals surface area contributed by atoms with Crippen molar-refractivity contribution in [1.82, 2.24) is 14.7 Å². The SMILES string of the molecule is CCC1CCCN(CC(O)Cn2nc(C)c(N)c2C)C1. The van der Waals surface area contributed by atoms with E-state index in [1.165, 1.54) is 19.3 Å². The molecule has 5 nitrogen and oxygen atoms in total. The number of aliphatic hydroxyl groups is 1. The number of aryl methyl sites for hydroxylation is 1. The summed E-state index contributed by atoms with van der Waals surface area (Å²) in [5.74, 6) is 0.792. The lowest BCUT2D eigenvalue weighted by molar-refractivity contribution is 0.0707. The summed E-state index contributed by atoms with van der Waals surface area (Å²) >= 11 is 0. The van der Waals surface area contributed by atoms with Gasteiger partial charge in [0, 0.05) is 13.1 Å². The molecule has 114 valence electrons. The Hall–Kier alpha value is -1.07. The highest BCUT2D eigenvalue weighted by Crippen LogP contribution is 2.20. The highest BCUT2D eigenvalue weighted by Gasteiger charge is 2.21. The lowest BCUT2D eigenvalue weighted by Gasteiger charge is -2.33. The molecule has 1 fully saturated rings. The Morgan fingerprint density at radius 2 is 2.15 bits per heavy atom. The minimum atomic E-state index is -0.386. The van der Waals surface area contributed by atoms with E-state index in [0.717, 1.165) is 42.6 Å². The van der Waals surface area contributed by atoms with Crippen molar-refractivity contribution in [2.45, 2.75) is 52.7 Å². The standard InChI is InChI=1S/C15H28N4O/c1-4-13-6-5-7-18(8-13)9-14(20)10-19-12(3)15(16)11(2)17-19/h13-14,20H,4-10,16H2,1-3H3. The topological polar surface area (TPSA) is 67.3 Å². The summed E-state index contributed by atoms with van der Waals surface area (Å²) < 4.78 is 1.83. The summed E-state index contributed by atoms with van der Waals surface area (Å²) in [6.45, 7) is 9.59. The third-order valence-corrected chi connectivity index (χ3v) is 4.47. The van der Waals surface area contributed by atoms with Crippen LogP contribution in [0.2, 0.25) is 0 Å². The molecule has 20 heavy (non-hydrogen) atoms. The monoisotopic (exact) mass is 280 g/mol. The van der Waals surface area contributed by atoms with Gasteiger partial charge in [-0.15, -0.1) is 0 Å². The molecule has 2 unspecified atom stereocenters. The number of nitrogens with zero attached hydrogens (tertiary/aromatic N) is 3. The van der Waals surface area contributed by atoms with E-state index in [-0.39, 0.29) is 6.10 Å². The van der Waals surface area contributed by atoms with E-state index in [1.807, 2.05) is 18.5 Å². The molecule has 1 aliphatic rings. The number of β-amino-alcohol motifs (C(OH)–C–C–N with tert-alkyl or cyclic N) is 1. The van der Waals surface area contributed by atoms with Gasteiger partial charge in [0.15, 0.2) is 0 Å². The molecule has 1 saturated heterocycles. The first-order chi connectivity index (χ1) is 9.51. The van der Waals surface area contributed by atoms with Crippen molar-refractivity contribution in [3.05, 3.63) is 11.4 Å². The van der Waals surface area contributed by atoms with Crippen molar-refractivity contribution in [3.63, 3.8) is 0 Å². The number of rotatable bonds is 5. The maximum atomic E-state index is 10.3. The fraction of sp³-hybridized carbons (Fsp3) is 0.800. The summed E-state index contributed by atoms with van der Waals surface area (Å²) in [6, 6.07) is 0. The number of hydrogen-bond donors (Lipinski definition) is 2. The second-order valence-corrected chi connectivity index (χ2v) is 6.10. The van der Waals surface area contributed by atoms with E-state index in [2.05, 4.69) is 16.9 Å². The Labute approximate surface area is 121 Å². The number of piperidine rings is 1. The third kappa shape index (κ3) is 3.52. The molecule has 0 bridgehead atoms. The van der Waals surface area contributed by atoms with E-state index < -0.39 is 0 Å². The van der Waals surface area contributed by atoms with Gasteiger partial charge in [-0.2, -0.15) is 5.10 Å². The van der Waals surface area contributed by atoms with Crippen molar-refractivity contribution < 1.29 is 5.11 Å². The molecular formula is C15H28N4O. The molecule has 2 heterocycles. The predicted molar refractivity (Wildman–Crippen MR) is 81.6 cm³/mol. The summed E-state index contributed by atoms with van der Waals surface area (Å²) in [4.78, 5) is 2.39.